The van der Waals surface area contributed by atoms with Crippen LogP contribution in [0.5, 0.6) is 0 Å². The first-order chi connectivity index (χ1) is 14.4. The van der Waals surface area contributed by atoms with E-state index in [-0.39, 0.29) is 4.90 Å². The van der Waals surface area contributed by atoms with Crippen molar-refractivity contribution in [1.82, 2.24) is 9.55 Å². The van der Waals surface area contributed by atoms with Gasteiger partial charge in [-0.25, -0.2) is 18.5 Å². The minimum Gasteiger partial charge on any atom is -0.300 e. The summed E-state index contributed by atoms with van der Waals surface area (Å²) in [6.07, 6.45) is 3.67. The highest BCUT2D eigenvalue weighted by atomic mass is 35.5. The van der Waals surface area contributed by atoms with Gasteiger partial charge in [0.1, 0.15) is 5.82 Å². The maximum Gasteiger partial charge on any atom is 0.238 e. The van der Waals surface area contributed by atoms with Crippen molar-refractivity contribution < 1.29 is 8.42 Å². The smallest absolute Gasteiger partial charge is 0.238 e. The number of nitrogens with zero attached hydrogens (tertiary/aromatic N) is 2. The van der Waals surface area contributed by atoms with Gasteiger partial charge in [-0.3, -0.25) is 4.57 Å². The lowest BCUT2D eigenvalue weighted by molar-refractivity contribution is 0.598. The Morgan fingerprint density at radius 2 is 1.53 bits per heavy atom. The van der Waals surface area contributed by atoms with Gasteiger partial charge in [0.25, 0.3) is 0 Å². The second-order valence-corrected chi connectivity index (χ2v) is 8.96. The third kappa shape index (κ3) is 4.62. The van der Waals surface area contributed by atoms with E-state index >= 15 is 0 Å². The summed E-state index contributed by atoms with van der Waals surface area (Å²) in [6.45, 7) is 0. The van der Waals surface area contributed by atoms with Crippen molar-refractivity contribution in [3.8, 4) is 17.1 Å². The quantitative estimate of drug-likeness (QED) is 0.477. The fourth-order valence-corrected chi connectivity index (χ4v) is 3.90. The normalized spacial score (nSPS) is 11.5. The number of imidazole rings is 1. The number of hydrogen-bond acceptors (Lipinski definition) is 3. The number of nitrogens with two attached hydrogens (primary N) is 1. The van der Waals surface area contributed by atoms with Crippen LogP contribution in [0.25, 0.3) is 17.1 Å². The van der Waals surface area contributed by atoms with Gasteiger partial charge in [-0.1, -0.05) is 41.9 Å². The molecule has 1 aromatic heterocycles. The Labute approximate surface area is 180 Å². The SMILES string of the molecule is NS(=O)(=O)c1ccc(-c2nc(CCc3ccccc3)cn2-c2ccc(Cl)cc2)cc1. The van der Waals surface area contributed by atoms with Crippen molar-refractivity contribution in [2.75, 3.05) is 0 Å². The molecule has 0 bridgehead atoms. The molecule has 4 aromatic rings. The largest absolute Gasteiger partial charge is 0.300 e. The van der Waals surface area contributed by atoms with Crippen molar-refractivity contribution >= 4 is 21.6 Å². The Bertz CT molecular complexity index is 1250. The van der Waals surface area contributed by atoms with Crippen LogP contribution in [0.3, 0.4) is 0 Å². The van der Waals surface area contributed by atoms with Crippen LogP contribution in [0.2, 0.25) is 5.02 Å². The zero-order valence-electron chi connectivity index (χ0n) is 16.1. The van der Waals surface area contributed by atoms with Crippen LogP contribution in [-0.2, 0) is 22.9 Å². The number of aromatic nitrogens is 2. The van der Waals surface area contributed by atoms with Crippen molar-refractivity contribution in [2.45, 2.75) is 17.7 Å². The number of aryl methyl sites for hydroxylation is 2. The molecule has 0 unspecified atom stereocenters. The fourth-order valence-electron chi connectivity index (χ4n) is 3.26. The average Bonchev–Trinajstić information content (AvgIpc) is 3.17. The maximum absolute atomic E-state index is 11.6. The third-order valence-corrected chi connectivity index (χ3v) is 6.00. The van der Waals surface area contributed by atoms with E-state index in [9.17, 15) is 8.42 Å². The predicted octanol–water partition coefficient (Wildman–Crippen LogP) is 4.63. The van der Waals surface area contributed by atoms with Crippen molar-refractivity contribution in [3.05, 3.63) is 101 Å². The van der Waals surface area contributed by atoms with Crippen LogP contribution in [0.15, 0.2) is 90.0 Å². The van der Waals surface area contributed by atoms with E-state index in [0.717, 1.165) is 35.6 Å². The van der Waals surface area contributed by atoms with Gasteiger partial charge in [-0.05, 0) is 66.9 Å². The highest BCUT2D eigenvalue weighted by molar-refractivity contribution is 7.89. The van der Waals surface area contributed by atoms with E-state index in [1.165, 1.54) is 17.7 Å². The molecule has 0 saturated heterocycles. The molecule has 0 spiro atoms. The molecule has 0 aliphatic heterocycles. The summed E-state index contributed by atoms with van der Waals surface area (Å²) in [6, 6.07) is 24.2. The van der Waals surface area contributed by atoms with E-state index in [0.29, 0.717) is 5.02 Å². The zero-order chi connectivity index (χ0) is 21.1. The van der Waals surface area contributed by atoms with Gasteiger partial charge in [-0.15, -0.1) is 0 Å². The molecule has 0 aliphatic carbocycles. The third-order valence-electron chi connectivity index (χ3n) is 4.81. The molecule has 1 heterocycles. The summed E-state index contributed by atoms with van der Waals surface area (Å²) in [7, 11) is -3.74. The molecule has 152 valence electrons. The summed E-state index contributed by atoms with van der Waals surface area (Å²) in [5.74, 6) is 0.723. The number of sulfonamides is 1. The van der Waals surface area contributed by atoms with Crippen LogP contribution in [0.1, 0.15) is 11.3 Å². The molecule has 5 nitrogen and oxygen atoms in total. The molecular formula is C23H20ClN3O2S. The van der Waals surface area contributed by atoms with Crippen molar-refractivity contribution in [2.24, 2.45) is 5.14 Å². The van der Waals surface area contributed by atoms with E-state index < -0.39 is 10.0 Å². The number of halogens is 1. The van der Waals surface area contributed by atoms with Gasteiger partial charge in [0.05, 0.1) is 10.6 Å². The first-order valence-electron chi connectivity index (χ1n) is 9.41. The monoisotopic (exact) mass is 437 g/mol. The predicted molar refractivity (Wildman–Crippen MR) is 119 cm³/mol. The van der Waals surface area contributed by atoms with Crippen molar-refractivity contribution in [3.63, 3.8) is 0 Å². The van der Waals surface area contributed by atoms with Gasteiger partial charge in [0, 0.05) is 22.5 Å². The topological polar surface area (TPSA) is 78.0 Å². The number of hydrogen-bond donors (Lipinski definition) is 1. The van der Waals surface area contributed by atoms with E-state index in [4.69, 9.17) is 21.7 Å². The van der Waals surface area contributed by atoms with Crippen LogP contribution >= 0.6 is 11.6 Å². The summed E-state index contributed by atoms with van der Waals surface area (Å²) in [5.41, 5.74) is 3.91. The molecule has 0 aliphatic rings. The molecule has 3 aromatic carbocycles. The van der Waals surface area contributed by atoms with Gasteiger partial charge in [0.15, 0.2) is 0 Å². The first kappa shape index (κ1) is 20.3. The first-order valence-corrected chi connectivity index (χ1v) is 11.3. The summed E-state index contributed by atoms with van der Waals surface area (Å²) in [4.78, 5) is 4.91. The Morgan fingerprint density at radius 3 is 2.17 bits per heavy atom. The molecule has 2 N–H and O–H groups in total. The molecule has 0 saturated carbocycles. The Kier molecular flexibility index (Phi) is 5.72. The van der Waals surface area contributed by atoms with E-state index in [1.807, 2.05) is 53.2 Å². The molecule has 0 amide bonds. The average molecular weight is 438 g/mol. The van der Waals surface area contributed by atoms with Crippen LogP contribution in [0, 0.1) is 0 Å². The van der Waals surface area contributed by atoms with Gasteiger partial charge in [-0.2, -0.15) is 0 Å². The summed E-state index contributed by atoms with van der Waals surface area (Å²) in [5, 5.41) is 5.87. The highest BCUT2D eigenvalue weighted by Crippen LogP contribution is 2.25. The molecule has 0 fully saturated rings. The lowest BCUT2D eigenvalue weighted by Gasteiger charge is -2.08. The minimum absolute atomic E-state index is 0.0696. The molecular weight excluding hydrogens is 418 g/mol. The lowest BCUT2D eigenvalue weighted by Crippen LogP contribution is -2.11. The fraction of sp³-hybridized carbons (Fsp3) is 0.0870. The van der Waals surface area contributed by atoms with E-state index in [2.05, 4.69) is 12.1 Å². The molecule has 4 rings (SSSR count). The van der Waals surface area contributed by atoms with Crippen LogP contribution in [-0.4, -0.2) is 18.0 Å². The molecule has 7 heteroatoms. The van der Waals surface area contributed by atoms with Gasteiger partial charge >= 0.3 is 0 Å². The maximum atomic E-state index is 11.6. The van der Waals surface area contributed by atoms with Gasteiger partial charge in [0.2, 0.25) is 10.0 Å². The zero-order valence-corrected chi connectivity index (χ0v) is 17.6. The Morgan fingerprint density at radius 1 is 0.867 bits per heavy atom. The second-order valence-electron chi connectivity index (χ2n) is 6.96. The van der Waals surface area contributed by atoms with Gasteiger partial charge < -0.3 is 0 Å². The summed E-state index contributed by atoms with van der Waals surface area (Å²) < 4.78 is 25.1. The van der Waals surface area contributed by atoms with Crippen LogP contribution in [0.4, 0.5) is 0 Å². The van der Waals surface area contributed by atoms with Crippen LogP contribution < -0.4 is 5.14 Å². The van der Waals surface area contributed by atoms with Crippen molar-refractivity contribution in [1.29, 1.82) is 0 Å². The number of rotatable bonds is 6. The molecule has 30 heavy (non-hydrogen) atoms. The Hall–Kier alpha value is -2.93. The lowest BCUT2D eigenvalue weighted by atomic mass is 10.1. The molecule has 0 atom stereocenters. The highest BCUT2D eigenvalue weighted by Gasteiger charge is 2.14. The molecule has 0 radical (unpaired) electrons. The minimum atomic E-state index is -3.74. The second kappa shape index (κ2) is 8.44. The Balaban J connectivity index is 1.71. The number of benzene rings is 3. The standard InChI is InChI=1S/C23H20ClN3O2S/c24-19-9-12-21(13-10-19)27-16-20(11-6-17-4-2-1-3-5-17)26-23(27)18-7-14-22(15-8-18)30(25,28)29/h1-5,7-10,12-16H,6,11H2,(H2,25,28,29). The summed E-state index contributed by atoms with van der Waals surface area (Å²) >= 11 is 6.05. The number of primary sulfonamides is 1. The van der Waals surface area contributed by atoms with E-state index in [1.54, 1.807) is 12.1 Å².